The normalized spacial score (nSPS) is 16.4. The summed E-state index contributed by atoms with van der Waals surface area (Å²) in [6.07, 6.45) is 17.7. The average molecular weight is 592 g/mol. The quantitative estimate of drug-likeness (QED) is 0.207. The monoisotopic (exact) mass is 590 g/mol. The van der Waals surface area contributed by atoms with Gasteiger partial charge in [-0.25, -0.2) is 12.2 Å². The van der Waals surface area contributed by atoms with Gasteiger partial charge in [0.15, 0.2) is 0 Å². The summed E-state index contributed by atoms with van der Waals surface area (Å²) >= 11 is 1.88. The molecular weight excluding hydrogens is 548 g/mol. The first-order chi connectivity index (χ1) is 16.6. The molecule has 1 heterocycles. The summed E-state index contributed by atoms with van der Waals surface area (Å²) in [5, 5.41) is 8.75. The van der Waals surface area contributed by atoms with E-state index in [1.165, 1.54) is 40.8 Å². The Kier molecular flexibility index (Phi) is 10.9. The van der Waals surface area contributed by atoms with E-state index >= 15 is 0 Å². The summed E-state index contributed by atoms with van der Waals surface area (Å²) in [5.74, 6) is 0. The molecule has 1 fully saturated rings. The van der Waals surface area contributed by atoms with Crippen LogP contribution in [-0.2, 0) is 23.3 Å². The van der Waals surface area contributed by atoms with E-state index in [-0.39, 0.29) is 5.43 Å². The Bertz CT molecular complexity index is 1100. The maximum atomic E-state index is 2.99. The molecule has 4 heteroatoms. The Hall–Kier alpha value is -0.676. The van der Waals surface area contributed by atoms with Gasteiger partial charge in [-0.2, -0.15) is 6.08 Å². The van der Waals surface area contributed by atoms with Crippen LogP contribution in [0, 0.1) is 6.08 Å². The summed E-state index contributed by atoms with van der Waals surface area (Å²) in [6, 6.07) is 19.9. The standard InChI is InChI=1S/C19H25Si2.C7H14Si.C5H5.Zr/c1-20(2,3)16-7-9-18-14(12-16)11-15-13-17(21(4,5)6)8-10-19(15)18;1-2-4-6-8-7-5-3-1;1-2-4-5-3-1;/h7-13H,1-6H3;1-7H2;1-3H,4H2;/q-1;;-1;+2. The van der Waals surface area contributed by atoms with Crippen LogP contribution in [0.1, 0.15) is 38.5 Å². The van der Waals surface area contributed by atoms with Gasteiger partial charge in [0.1, 0.15) is 0 Å². The Balaban J connectivity index is 0.000000199. The third kappa shape index (κ3) is 8.99. The van der Waals surface area contributed by atoms with Gasteiger partial charge in [-0.15, -0.1) is 46.2 Å². The van der Waals surface area contributed by atoms with Crippen LogP contribution in [0.25, 0.3) is 21.5 Å². The van der Waals surface area contributed by atoms with E-state index in [0.717, 1.165) is 6.42 Å². The Morgan fingerprint density at radius 2 is 1.23 bits per heavy atom. The summed E-state index contributed by atoms with van der Waals surface area (Å²) in [7, 11) is -2.47. The third-order valence-corrected chi connectivity index (χ3v) is 16.7. The fourth-order valence-electron chi connectivity index (χ4n) is 4.63. The molecule has 2 aliphatic rings. The van der Waals surface area contributed by atoms with E-state index in [9.17, 15) is 0 Å². The number of fused-ring (bicyclic) bond motifs is 3. The van der Waals surface area contributed by atoms with Gasteiger partial charge in [0.05, 0.1) is 16.1 Å². The van der Waals surface area contributed by atoms with Gasteiger partial charge >= 0.3 is 73.0 Å². The number of rotatable bonds is 2. The van der Waals surface area contributed by atoms with E-state index in [2.05, 4.69) is 93.9 Å². The van der Waals surface area contributed by atoms with Crippen LogP contribution >= 0.6 is 0 Å². The SMILES string of the molecule is C[Si](C)(C)c1ccc2c(c1)[cH-]c1cc([Si](C)(C)C)ccc12.[C-]1=CC=CC1.[Zr+2]=[Si]1CCCCCCC1. The van der Waals surface area contributed by atoms with Gasteiger partial charge in [-0.1, -0.05) is 73.9 Å². The molecule has 0 radical (unpaired) electrons. The zero-order valence-electron chi connectivity index (χ0n) is 22.9. The number of benzene rings is 2. The van der Waals surface area contributed by atoms with E-state index in [1.807, 2.05) is 35.5 Å². The fraction of sp³-hybridized carbons (Fsp3) is 0.452. The average Bonchev–Trinajstić information content (AvgIpc) is 3.46. The molecule has 0 unspecified atom stereocenters. The van der Waals surface area contributed by atoms with Gasteiger partial charge in [-0.05, 0) is 0 Å². The Labute approximate surface area is 232 Å². The van der Waals surface area contributed by atoms with Gasteiger partial charge in [0.2, 0.25) is 0 Å². The minimum absolute atomic E-state index is 0.238. The molecule has 0 aromatic heterocycles. The van der Waals surface area contributed by atoms with Crippen molar-refractivity contribution in [3.63, 3.8) is 0 Å². The van der Waals surface area contributed by atoms with Crippen molar-refractivity contribution < 1.29 is 23.3 Å². The Morgan fingerprint density at radius 3 is 1.60 bits per heavy atom. The molecule has 0 atom stereocenters. The molecule has 5 rings (SSSR count). The second-order valence-corrected chi connectivity index (χ2v) is 29.7. The van der Waals surface area contributed by atoms with Crippen LogP contribution in [0.15, 0.2) is 60.7 Å². The van der Waals surface area contributed by atoms with Gasteiger partial charge in [0, 0.05) is 0 Å². The predicted octanol–water partition coefficient (Wildman–Crippen LogP) is 8.60. The van der Waals surface area contributed by atoms with Crippen molar-refractivity contribution in [2.75, 3.05) is 0 Å². The summed E-state index contributed by atoms with van der Waals surface area (Å²) in [4.78, 5) is 0. The van der Waals surface area contributed by atoms with Crippen LogP contribution in [0.3, 0.4) is 0 Å². The van der Waals surface area contributed by atoms with Crippen LogP contribution in [-0.4, -0.2) is 21.6 Å². The molecule has 1 aliphatic carbocycles. The minimum atomic E-state index is -1.23. The molecule has 0 spiro atoms. The number of hydrogen-bond acceptors (Lipinski definition) is 0. The molecule has 1 saturated heterocycles. The number of hydrogen-bond donors (Lipinski definition) is 0. The first-order valence-corrected chi connectivity index (χ1v) is 26.1. The molecule has 0 saturated carbocycles. The van der Waals surface area contributed by atoms with E-state index in [4.69, 9.17) is 0 Å². The molecule has 0 amide bonds. The Morgan fingerprint density at radius 1 is 0.743 bits per heavy atom. The van der Waals surface area contributed by atoms with Crippen LogP contribution in [0.5, 0.6) is 0 Å². The maximum absolute atomic E-state index is 2.99. The van der Waals surface area contributed by atoms with Crippen LogP contribution in [0.2, 0.25) is 51.4 Å². The van der Waals surface area contributed by atoms with Crippen molar-refractivity contribution in [3.8, 4) is 0 Å². The van der Waals surface area contributed by atoms with Crippen molar-refractivity contribution in [2.24, 2.45) is 0 Å². The van der Waals surface area contributed by atoms with Gasteiger partial charge < -0.3 is 0 Å². The van der Waals surface area contributed by atoms with Crippen molar-refractivity contribution in [1.82, 2.24) is 0 Å². The molecule has 3 aromatic rings. The molecule has 0 N–H and O–H groups in total. The van der Waals surface area contributed by atoms with Gasteiger partial charge in [-0.3, -0.25) is 6.08 Å². The van der Waals surface area contributed by atoms with E-state index < -0.39 is 16.1 Å². The molecule has 35 heavy (non-hydrogen) atoms. The second kappa shape index (κ2) is 13.2. The second-order valence-electron chi connectivity index (χ2n) is 12.1. The third-order valence-electron chi connectivity index (χ3n) is 6.98. The molecule has 1 aliphatic heterocycles. The zero-order chi connectivity index (χ0) is 25.5. The topological polar surface area (TPSA) is 0 Å². The predicted molar refractivity (Wildman–Crippen MR) is 163 cm³/mol. The first-order valence-electron chi connectivity index (χ1n) is 13.5. The van der Waals surface area contributed by atoms with Crippen LogP contribution < -0.4 is 10.4 Å². The van der Waals surface area contributed by atoms with E-state index in [0.29, 0.717) is 0 Å². The van der Waals surface area contributed by atoms with Crippen molar-refractivity contribution in [1.29, 1.82) is 0 Å². The van der Waals surface area contributed by atoms with Crippen molar-refractivity contribution in [3.05, 3.63) is 66.8 Å². The van der Waals surface area contributed by atoms with Gasteiger partial charge in [0.25, 0.3) is 0 Å². The van der Waals surface area contributed by atoms with Crippen LogP contribution in [0.4, 0.5) is 0 Å². The molecule has 0 bridgehead atoms. The summed E-state index contributed by atoms with van der Waals surface area (Å²) in [5.41, 5.74) is 0.238. The number of allylic oxidation sites excluding steroid dienone is 4. The molecule has 184 valence electrons. The molecule has 3 aromatic carbocycles. The fourth-order valence-corrected chi connectivity index (χ4v) is 11.2. The van der Waals surface area contributed by atoms with E-state index in [1.54, 1.807) is 35.3 Å². The van der Waals surface area contributed by atoms with Crippen molar-refractivity contribution in [2.45, 2.75) is 89.9 Å². The summed E-state index contributed by atoms with van der Waals surface area (Å²) < 4.78 is 0. The summed E-state index contributed by atoms with van der Waals surface area (Å²) in [6.45, 7) is 14.5. The molecular formula is C31H44Si3Zr. The van der Waals surface area contributed by atoms with Crippen molar-refractivity contribution >= 4 is 53.5 Å². The molecule has 0 nitrogen and oxygen atoms in total. The first kappa shape index (κ1) is 28.9. The zero-order valence-corrected chi connectivity index (χ0v) is 28.4.